The Kier molecular flexibility index (Phi) is 5.57. The number of hydrogen-bond donors (Lipinski definition) is 1. The highest BCUT2D eigenvalue weighted by atomic mass is 19.1. The van der Waals surface area contributed by atoms with Crippen LogP contribution >= 0.6 is 0 Å². The molecule has 122 valence electrons. The lowest BCUT2D eigenvalue weighted by molar-refractivity contribution is -0.119. The van der Waals surface area contributed by atoms with E-state index in [0.717, 1.165) is 5.56 Å². The van der Waals surface area contributed by atoms with Crippen LogP contribution < -0.4 is 14.8 Å². The first kappa shape index (κ1) is 16.8. The molecule has 1 amide bonds. The first-order valence-electron chi connectivity index (χ1n) is 7.31. The van der Waals surface area contributed by atoms with Crippen molar-refractivity contribution in [1.82, 2.24) is 0 Å². The van der Waals surface area contributed by atoms with Crippen LogP contribution in [-0.4, -0.2) is 20.1 Å². The molecule has 1 N–H and O–H groups in total. The van der Waals surface area contributed by atoms with E-state index in [-0.39, 0.29) is 17.6 Å². The molecule has 23 heavy (non-hydrogen) atoms. The molecule has 0 aliphatic carbocycles. The van der Waals surface area contributed by atoms with E-state index in [2.05, 4.69) is 5.32 Å². The zero-order valence-electron chi connectivity index (χ0n) is 13.4. The minimum atomic E-state index is -0.332. The second kappa shape index (κ2) is 7.63. The molecular weight excluding hydrogens is 297 g/mol. The number of ether oxygens (including phenoxy) is 2. The van der Waals surface area contributed by atoms with E-state index in [0.29, 0.717) is 23.6 Å². The summed E-state index contributed by atoms with van der Waals surface area (Å²) in [4.78, 5) is 12.2. The van der Waals surface area contributed by atoms with Gasteiger partial charge in [-0.1, -0.05) is 13.0 Å². The third-order valence-electron chi connectivity index (χ3n) is 3.55. The lowest BCUT2D eigenvalue weighted by Gasteiger charge is -2.14. The highest BCUT2D eigenvalue weighted by Gasteiger charge is 2.15. The zero-order valence-corrected chi connectivity index (χ0v) is 13.4. The number of carbonyl (C=O) groups excluding carboxylic acids is 1. The second-order valence-electron chi connectivity index (χ2n) is 5.29. The molecule has 4 nitrogen and oxygen atoms in total. The smallest absolute Gasteiger partial charge is 0.227 e. The average Bonchev–Trinajstić information content (AvgIpc) is 2.56. The second-order valence-corrected chi connectivity index (χ2v) is 5.29. The molecule has 0 aliphatic heterocycles. The molecule has 0 aromatic heterocycles. The average molecular weight is 317 g/mol. The lowest BCUT2D eigenvalue weighted by atomic mass is 10.00. The van der Waals surface area contributed by atoms with Gasteiger partial charge in [0.25, 0.3) is 0 Å². The van der Waals surface area contributed by atoms with E-state index < -0.39 is 0 Å². The Hall–Kier alpha value is -2.56. The summed E-state index contributed by atoms with van der Waals surface area (Å²) in [5.41, 5.74) is 1.56. The molecule has 0 saturated heterocycles. The fourth-order valence-electron chi connectivity index (χ4n) is 2.25. The van der Waals surface area contributed by atoms with Gasteiger partial charge in [0.15, 0.2) is 11.5 Å². The van der Waals surface area contributed by atoms with Gasteiger partial charge in [0, 0.05) is 11.6 Å². The molecule has 0 aliphatic rings. The fraction of sp³-hybridized carbons (Fsp3) is 0.278. The van der Waals surface area contributed by atoms with E-state index in [1.54, 1.807) is 14.2 Å². The Labute approximate surface area is 135 Å². The number of anilines is 1. The Bertz CT molecular complexity index is 670. The van der Waals surface area contributed by atoms with Gasteiger partial charge in [-0.25, -0.2) is 4.39 Å². The maximum absolute atomic E-state index is 12.9. The molecule has 2 rings (SSSR count). The number of carbonyl (C=O) groups is 1. The number of nitrogens with one attached hydrogen (secondary N) is 1. The van der Waals surface area contributed by atoms with Gasteiger partial charge in [-0.3, -0.25) is 4.79 Å². The van der Waals surface area contributed by atoms with Crippen molar-refractivity contribution in [2.75, 3.05) is 19.5 Å². The first-order valence-corrected chi connectivity index (χ1v) is 7.31. The minimum Gasteiger partial charge on any atom is -0.493 e. The van der Waals surface area contributed by atoms with Crippen LogP contribution in [0.1, 0.15) is 12.5 Å². The van der Waals surface area contributed by atoms with Crippen LogP contribution in [0.25, 0.3) is 0 Å². The highest BCUT2D eigenvalue weighted by molar-refractivity contribution is 5.92. The van der Waals surface area contributed by atoms with Crippen LogP contribution in [0.3, 0.4) is 0 Å². The normalized spacial score (nSPS) is 11.7. The van der Waals surface area contributed by atoms with Gasteiger partial charge in [0.05, 0.1) is 14.2 Å². The molecular formula is C18H20FNO3. The van der Waals surface area contributed by atoms with Gasteiger partial charge in [-0.2, -0.15) is 0 Å². The predicted molar refractivity (Wildman–Crippen MR) is 87.4 cm³/mol. The summed E-state index contributed by atoms with van der Waals surface area (Å²) in [6.45, 7) is 1.84. The Morgan fingerprint density at radius 3 is 2.35 bits per heavy atom. The van der Waals surface area contributed by atoms with Crippen molar-refractivity contribution < 1.29 is 18.7 Å². The van der Waals surface area contributed by atoms with Crippen LogP contribution in [0.5, 0.6) is 11.5 Å². The minimum absolute atomic E-state index is 0.119. The Morgan fingerprint density at radius 2 is 1.74 bits per heavy atom. The van der Waals surface area contributed by atoms with Gasteiger partial charge in [0.2, 0.25) is 5.91 Å². The standard InChI is InChI=1S/C18H20FNO3/c1-12(18(21)20-15-7-5-14(19)6-8-15)10-13-4-9-16(22-2)17(11-13)23-3/h4-9,11-12H,10H2,1-3H3,(H,20,21). The van der Waals surface area contributed by atoms with Gasteiger partial charge < -0.3 is 14.8 Å². The number of amides is 1. The van der Waals surface area contributed by atoms with Crippen LogP contribution in [0.2, 0.25) is 0 Å². The summed E-state index contributed by atoms with van der Waals surface area (Å²) in [5.74, 6) is 0.599. The SMILES string of the molecule is COc1ccc(CC(C)C(=O)Nc2ccc(F)cc2)cc1OC. The van der Waals surface area contributed by atoms with Crippen molar-refractivity contribution in [3.63, 3.8) is 0 Å². The molecule has 0 spiro atoms. The number of methoxy groups -OCH3 is 2. The number of halogens is 1. The zero-order chi connectivity index (χ0) is 16.8. The summed E-state index contributed by atoms with van der Waals surface area (Å²) in [6.07, 6.45) is 0.563. The van der Waals surface area contributed by atoms with Gasteiger partial charge >= 0.3 is 0 Å². The number of hydrogen-bond acceptors (Lipinski definition) is 3. The van der Waals surface area contributed by atoms with Crippen LogP contribution in [0.4, 0.5) is 10.1 Å². The van der Waals surface area contributed by atoms with Gasteiger partial charge in [-0.05, 0) is 48.4 Å². The third kappa shape index (κ3) is 4.45. The van der Waals surface area contributed by atoms with Crippen molar-refractivity contribution in [3.05, 3.63) is 53.8 Å². The largest absolute Gasteiger partial charge is 0.493 e. The topological polar surface area (TPSA) is 47.6 Å². The van der Waals surface area contributed by atoms with Gasteiger partial charge in [0.1, 0.15) is 5.82 Å². The number of benzene rings is 2. The molecule has 0 bridgehead atoms. The summed E-state index contributed by atoms with van der Waals surface area (Å²) in [6, 6.07) is 11.3. The maximum atomic E-state index is 12.9. The first-order chi connectivity index (χ1) is 11.0. The lowest BCUT2D eigenvalue weighted by Crippen LogP contribution is -2.22. The molecule has 2 aromatic carbocycles. The monoisotopic (exact) mass is 317 g/mol. The van der Waals surface area contributed by atoms with E-state index in [1.807, 2.05) is 25.1 Å². The van der Waals surface area contributed by atoms with Crippen LogP contribution in [0.15, 0.2) is 42.5 Å². The van der Waals surface area contributed by atoms with Crippen molar-refractivity contribution >= 4 is 11.6 Å². The summed E-state index contributed by atoms with van der Waals surface area (Å²) in [7, 11) is 3.16. The summed E-state index contributed by atoms with van der Waals surface area (Å²) >= 11 is 0. The van der Waals surface area contributed by atoms with E-state index in [9.17, 15) is 9.18 Å². The Balaban J connectivity index is 2.01. The van der Waals surface area contributed by atoms with Crippen molar-refractivity contribution in [3.8, 4) is 11.5 Å². The van der Waals surface area contributed by atoms with E-state index in [1.165, 1.54) is 24.3 Å². The van der Waals surface area contributed by atoms with Crippen LogP contribution in [0, 0.1) is 11.7 Å². The Morgan fingerprint density at radius 1 is 1.09 bits per heavy atom. The fourth-order valence-corrected chi connectivity index (χ4v) is 2.25. The van der Waals surface area contributed by atoms with Crippen molar-refractivity contribution in [1.29, 1.82) is 0 Å². The van der Waals surface area contributed by atoms with Gasteiger partial charge in [-0.15, -0.1) is 0 Å². The van der Waals surface area contributed by atoms with Crippen LogP contribution in [-0.2, 0) is 11.2 Å². The maximum Gasteiger partial charge on any atom is 0.227 e. The molecule has 0 fully saturated rings. The predicted octanol–water partition coefficient (Wildman–Crippen LogP) is 3.66. The quantitative estimate of drug-likeness (QED) is 0.884. The highest BCUT2D eigenvalue weighted by Crippen LogP contribution is 2.28. The molecule has 1 unspecified atom stereocenters. The molecule has 5 heteroatoms. The van der Waals surface area contributed by atoms with E-state index >= 15 is 0 Å². The molecule has 2 aromatic rings. The molecule has 1 atom stereocenters. The molecule has 0 heterocycles. The molecule has 0 saturated carbocycles. The van der Waals surface area contributed by atoms with Crippen molar-refractivity contribution in [2.24, 2.45) is 5.92 Å². The molecule has 0 radical (unpaired) electrons. The summed E-state index contributed by atoms with van der Waals surface area (Å²) < 4.78 is 23.3. The van der Waals surface area contributed by atoms with Crippen molar-refractivity contribution in [2.45, 2.75) is 13.3 Å². The number of rotatable bonds is 6. The third-order valence-corrected chi connectivity index (χ3v) is 3.55. The summed E-state index contributed by atoms with van der Waals surface area (Å²) in [5, 5.41) is 2.78. The van der Waals surface area contributed by atoms with E-state index in [4.69, 9.17) is 9.47 Å².